The van der Waals surface area contributed by atoms with Crippen molar-refractivity contribution in [1.82, 2.24) is 0 Å². The third-order valence-electron chi connectivity index (χ3n) is 3.01. The van der Waals surface area contributed by atoms with Crippen molar-refractivity contribution in [2.24, 2.45) is 0 Å². The molecule has 1 aromatic carbocycles. The monoisotopic (exact) mass is 323 g/mol. The van der Waals surface area contributed by atoms with Crippen molar-refractivity contribution < 1.29 is 9.90 Å². The van der Waals surface area contributed by atoms with Gasteiger partial charge in [0, 0.05) is 33.1 Å². The molecular formula is C13H10BrNO2S. The molecule has 2 aromatic rings. The van der Waals surface area contributed by atoms with Gasteiger partial charge in [0.25, 0.3) is 0 Å². The average molecular weight is 324 g/mol. The Kier molecular flexibility index (Phi) is 2.87. The molecule has 0 aliphatic carbocycles. The Morgan fingerprint density at radius 2 is 2.17 bits per heavy atom. The van der Waals surface area contributed by atoms with Crippen LogP contribution in [0.15, 0.2) is 30.3 Å². The number of para-hydroxylation sites is 1. The first-order chi connectivity index (χ1) is 8.66. The molecule has 1 aromatic heterocycles. The molecule has 0 saturated heterocycles. The lowest BCUT2D eigenvalue weighted by molar-refractivity contribution is 0.0702. The summed E-state index contributed by atoms with van der Waals surface area (Å²) in [5.41, 5.74) is 3.31. The highest BCUT2D eigenvalue weighted by atomic mass is 79.9. The number of fused-ring (bicyclic) bond motifs is 3. The normalized spacial score (nSPS) is 13.7. The van der Waals surface area contributed by atoms with Gasteiger partial charge in [0.15, 0.2) is 0 Å². The van der Waals surface area contributed by atoms with E-state index in [4.69, 9.17) is 5.11 Å². The SMILES string of the molecule is O=C(O)c1cc2c(s1)-c1ccccc1N(Br)CC2. The summed E-state index contributed by atoms with van der Waals surface area (Å²) in [5.74, 6) is -0.846. The molecule has 1 N–H and O–H groups in total. The van der Waals surface area contributed by atoms with Crippen molar-refractivity contribution in [3.8, 4) is 10.4 Å². The van der Waals surface area contributed by atoms with Gasteiger partial charge >= 0.3 is 5.97 Å². The first kappa shape index (κ1) is 11.7. The Morgan fingerprint density at radius 3 is 2.94 bits per heavy atom. The molecule has 18 heavy (non-hydrogen) atoms. The van der Waals surface area contributed by atoms with Crippen molar-refractivity contribution in [3.63, 3.8) is 0 Å². The number of rotatable bonds is 1. The third kappa shape index (κ3) is 1.83. The minimum atomic E-state index is -0.846. The Morgan fingerprint density at radius 1 is 1.39 bits per heavy atom. The molecule has 0 radical (unpaired) electrons. The van der Waals surface area contributed by atoms with E-state index in [0.29, 0.717) is 4.88 Å². The zero-order valence-corrected chi connectivity index (χ0v) is 11.8. The molecule has 5 heteroatoms. The van der Waals surface area contributed by atoms with Gasteiger partial charge in [-0.2, -0.15) is 0 Å². The minimum Gasteiger partial charge on any atom is -0.477 e. The second kappa shape index (κ2) is 4.40. The van der Waals surface area contributed by atoms with Crippen LogP contribution >= 0.6 is 27.5 Å². The number of carbonyl (C=O) groups is 1. The van der Waals surface area contributed by atoms with E-state index in [1.165, 1.54) is 11.3 Å². The van der Waals surface area contributed by atoms with Gasteiger partial charge in [0.2, 0.25) is 0 Å². The lowest BCUT2D eigenvalue weighted by Gasteiger charge is -2.15. The lowest BCUT2D eigenvalue weighted by Crippen LogP contribution is -2.11. The average Bonchev–Trinajstić information content (AvgIpc) is 2.75. The maximum atomic E-state index is 11.1. The molecule has 0 unspecified atom stereocenters. The van der Waals surface area contributed by atoms with E-state index in [-0.39, 0.29) is 0 Å². The fourth-order valence-electron chi connectivity index (χ4n) is 2.16. The molecule has 0 spiro atoms. The Hall–Kier alpha value is -1.33. The van der Waals surface area contributed by atoms with Gasteiger partial charge in [0.05, 0.1) is 5.69 Å². The summed E-state index contributed by atoms with van der Waals surface area (Å²) in [7, 11) is 0. The predicted molar refractivity (Wildman–Crippen MR) is 76.7 cm³/mol. The summed E-state index contributed by atoms with van der Waals surface area (Å²) < 4.78 is 2.04. The van der Waals surface area contributed by atoms with E-state index in [2.05, 4.69) is 16.1 Å². The van der Waals surface area contributed by atoms with Crippen molar-refractivity contribution in [1.29, 1.82) is 0 Å². The fraction of sp³-hybridized carbons (Fsp3) is 0.154. The standard InChI is InChI=1S/C13H10BrNO2S/c14-15-6-5-8-7-11(13(16)17)18-12(8)9-3-1-2-4-10(9)15/h1-4,7H,5-6H2,(H,16,17). The molecule has 0 bridgehead atoms. The molecule has 0 atom stereocenters. The fourth-order valence-corrected chi connectivity index (χ4v) is 3.73. The second-order valence-electron chi connectivity index (χ2n) is 4.12. The Balaban J connectivity index is 2.22. The van der Waals surface area contributed by atoms with Crippen LogP contribution in [0.3, 0.4) is 0 Å². The van der Waals surface area contributed by atoms with Crippen molar-refractivity contribution in [3.05, 3.63) is 40.8 Å². The molecule has 92 valence electrons. The number of hydrogen-bond donors (Lipinski definition) is 1. The first-order valence-corrected chi connectivity index (χ1v) is 7.08. The van der Waals surface area contributed by atoms with E-state index in [1.807, 2.05) is 28.2 Å². The quantitative estimate of drug-likeness (QED) is 0.812. The van der Waals surface area contributed by atoms with Crippen LogP contribution in [0, 0.1) is 0 Å². The Labute approximate surface area is 117 Å². The van der Waals surface area contributed by atoms with Crippen LogP contribution in [0.2, 0.25) is 0 Å². The molecule has 3 rings (SSSR count). The predicted octanol–water partition coefficient (Wildman–Crippen LogP) is 3.79. The van der Waals surface area contributed by atoms with Crippen LogP contribution < -0.4 is 3.93 Å². The van der Waals surface area contributed by atoms with Crippen molar-refractivity contribution in [2.75, 3.05) is 10.5 Å². The number of benzene rings is 1. The lowest BCUT2D eigenvalue weighted by atomic mass is 10.1. The largest absolute Gasteiger partial charge is 0.477 e. The maximum Gasteiger partial charge on any atom is 0.345 e. The van der Waals surface area contributed by atoms with Crippen LogP contribution in [0.4, 0.5) is 5.69 Å². The maximum absolute atomic E-state index is 11.1. The summed E-state index contributed by atoms with van der Waals surface area (Å²) in [6.45, 7) is 0.833. The Bertz CT molecular complexity index is 623. The number of anilines is 1. The first-order valence-electron chi connectivity index (χ1n) is 5.55. The summed E-state index contributed by atoms with van der Waals surface area (Å²) in [6.07, 6.45) is 0.846. The van der Waals surface area contributed by atoms with E-state index < -0.39 is 5.97 Å². The molecule has 0 amide bonds. The van der Waals surface area contributed by atoms with Gasteiger partial charge in [-0.25, -0.2) is 4.79 Å². The van der Waals surface area contributed by atoms with Gasteiger partial charge in [-0.3, -0.25) is 0 Å². The second-order valence-corrected chi connectivity index (χ2v) is 6.03. The molecule has 3 nitrogen and oxygen atoms in total. The van der Waals surface area contributed by atoms with Crippen LogP contribution in [-0.4, -0.2) is 17.6 Å². The molecular weight excluding hydrogens is 314 g/mol. The van der Waals surface area contributed by atoms with E-state index in [9.17, 15) is 4.79 Å². The van der Waals surface area contributed by atoms with Gasteiger partial charge in [0.1, 0.15) is 4.88 Å². The number of nitrogens with zero attached hydrogens (tertiary/aromatic N) is 1. The molecule has 1 aliphatic rings. The van der Waals surface area contributed by atoms with E-state index >= 15 is 0 Å². The van der Waals surface area contributed by atoms with Crippen LogP contribution in [-0.2, 0) is 6.42 Å². The molecule has 1 aliphatic heterocycles. The van der Waals surface area contributed by atoms with Gasteiger partial charge in [-0.15, -0.1) is 11.3 Å². The van der Waals surface area contributed by atoms with Crippen LogP contribution in [0.5, 0.6) is 0 Å². The minimum absolute atomic E-state index is 0.415. The summed E-state index contributed by atoms with van der Waals surface area (Å²) in [6, 6.07) is 9.85. The van der Waals surface area contributed by atoms with Crippen molar-refractivity contribution in [2.45, 2.75) is 6.42 Å². The zero-order valence-electron chi connectivity index (χ0n) is 9.39. The zero-order chi connectivity index (χ0) is 12.7. The summed E-state index contributed by atoms with van der Waals surface area (Å²) in [4.78, 5) is 12.6. The topological polar surface area (TPSA) is 40.5 Å². The highest BCUT2D eigenvalue weighted by molar-refractivity contribution is 9.10. The number of carboxylic acids is 1. The van der Waals surface area contributed by atoms with Gasteiger partial charge in [-0.1, -0.05) is 18.2 Å². The molecule has 0 saturated carbocycles. The molecule has 2 heterocycles. The van der Waals surface area contributed by atoms with E-state index in [1.54, 1.807) is 6.07 Å². The van der Waals surface area contributed by atoms with Gasteiger partial charge in [-0.05, 0) is 24.1 Å². The molecule has 0 fully saturated rings. The third-order valence-corrected chi connectivity index (χ3v) is 4.94. The smallest absolute Gasteiger partial charge is 0.345 e. The highest BCUT2D eigenvalue weighted by Crippen LogP contribution is 2.42. The number of thiophene rings is 1. The van der Waals surface area contributed by atoms with Crippen molar-refractivity contribution >= 4 is 39.1 Å². The van der Waals surface area contributed by atoms with Crippen LogP contribution in [0.25, 0.3) is 10.4 Å². The summed E-state index contributed by atoms with van der Waals surface area (Å²) >= 11 is 4.90. The number of carboxylic acid groups (broad SMARTS) is 1. The van der Waals surface area contributed by atoms with E-state index in [0.717, 1.165) is 34.7 Å². The summed E-state index contributed by atoms with van der Waals surface area (Å²) in [5, 5.41) is 9.10. The highest BCUT2D eigenvalue weighted by Gasteiger charge is 2.22. The number of aromatic carboxylic acids is 1. The van der Waals surface area contributed by atoms with Crippen LogP contribution in [0.1, 0.15) is 15.2 Å². The number of hydrogen-bond acceptors (Lipinski definition) is 3. The number of halogens is 1. The van der Waals surface area contributed by atoms with Gasteiger partial charge < -0.3 is 9.03 Å².